The first kappa shape index (κ1) is 26.4. The van der Waals surface area contributed by atoms with Crippen molar-refractivity contribution in [3.8, 4) is 0 Å². The van der Waals surface area contributed by atoms with E-state index in [1.165, 1.54) is 11.1 Å². The van der Waals surface area contributed by atoms with E-state index in [0.29, 0.717) is 0 Å². The van der Waals surface area contributed by atoms with Crippen LogP contribution < -0.4 is 0 Å². The first-order chi connectivity index (χ1) is 16.6. The number of para-hydroxylation sites is 1. The van der Waals surface area contributed by atoms with Crippen molar-refractivity contribution in [2.24, 2.45) is 0 Å². The second kappa shape index (κ2) is 10.6. The van der Waals surface area contributed by atoms with Gasteiger partial charge in [0.25, 0.3) is 0 Å². The van der Waals surface area contributed by atoms with Gasteiger partial charge in [0.05, 0.1) is 5.54 Å². The molecule has 0 amide bonds. The van der Waals surface area contributed by atoms with Gasteiger partial charge in [0.1, 0.15) is 0 Å². The SMILES string of the molecule is C=Cc1c(/C=C\C(=C)CC)c(C)c(/C=C\C)n1C(C)(C)/C(C)=C/c1c(C)c2ccccc2n1[B]O. The van der Waals surface area contributed by atoms with Crippen LogP contribution in [0.15, 0.2) is 60.7 Å². The third-order valence-corrected chi connectivity index (χ3v) is 7.21. The lowest BCUT2D eigenvalue weighted by molar-refractivity contribution is 0.424. The van der Waals surface area contributed by atoms with Crippen molar-refractivity contribution in [2.75, 3.05) is 0 Å². The van der Waals surface area contributed by atoms with Crippen molar-refractivity contribution >= 4 is 42.8 Å². The van der Waals surface area contributed by atoms with Crippen LogP contribution in [0.1, 0.15) is 74.8 Å². The van der Waals surface area contributed by atoms with Crippen LogP contribution >= 0.6 is 0 Å². The minimum Gasteiger partial charge on any atom is -0.435 e. The lowest BCUT2D eigenvalue weighted by atomic mass is 9.92. The van der Waals surface area contributed by atoms with Gasteiger partial charge < -0.3 is 14.1 Å². The molecule has 1 aromatic carbocycles. The second-order valence-electron chi connectivity index (χ2n) is 9.59. The number of hydrogen-bond acceptors (Lipinski definition) is 1. The molecular formula is C31H38BN2O. The minimum atomic E-state index is -0.361. The average Bonchev–Trinajstić information content (AvgIpc) is 3.28. The first-order valence-corrected chi connectivity index (χ1v) is 12.3. The molecule has 0 bridgehead atoms. The molecule has 0 atom stereocenters. The van der Waals surface area contributed by atoms with Crippen molar-refractivity contribution < 1.29 is 5.02 Å². The molecule has 0 saturated carbocycles. The molecule has 3 aromatic rings. The zero-order chi connectivity index (χ0) is 25.9. The van der Waals surface area contributed by atoms with Gasteiger partial charge in [-0.3, -0.25) is 0 Å². The van der Waals surface area contributed by atoms with Crippen LogP contribution in [0.3, 0.4) is 0 Å². The van der Waals surface area contributed by atoms with Crippen molar-refractivity contribution in [1.82, 2.24) is 9.05 Å². The van der Waals surface area contributed by atoms with E-state index in [1.54, 1.807) is 0 Å². The molecule has 0 fully saturated rings. The fourth-order valence-corrected chi connectivity index (χ4v) is 4.75. The molecule has 0 spiro atoms. The zero-order valence-corrected chi connectivity index (χ0v) is 22.3. The Balaban J connectivity index is 2.26. The highest BCUT2D eigenvalue weighted by atomic mass is 16.2. The lowest BCUT2D eigenvalue weighted by Crippen LogP contribution is -2.30. The molecule has 1 N–H and O–H groups in total. The van der Waals surface area contributed by atoms with Crippen LogP contribution in [0.4, 0.5) is 0 Å². The minimum absolute atomic E-state index is 0.361. The van der Waals surface area contributed by atoms with Gasteiger partial charge in [0.15, 0.2) is 0 Å². The highest BCUT2D eigenvalue weighted by Crippen LogP contribution is 2.38. The normalized spacial score (nSPS) is 12.9. The Bertz CT molecular complexity index is 1360. The molecule has 2 aromatic heterocycles. The molecule has 0 aliphatic heterocycles. The Kier molecular flexibility index (Phi) is 7.97. The molecule has 181 valence electrons. The van der Waals surface area contributed by atoms with Gasteiger partial charge in [-0.05, 0) is 89.0 Å². The maximum absolute atomic E-state index is 10.1. The average molecular weight is 465 g/mol. The zero-order valence-electron chi connectivity index (χ0n) is 22.3. The van der Waals surface area contributed by atoms with E-state index in [9.17, 15) is 5.02 Å². The third kappa shape index (κ3) is 4.68. The second-order valence-corrected chi connectivity index (χ2v) is 9.59. The molecule has 1 radical (unpaired) electrons. The van der Waals surface area contributed by atoms with Gasteiger partial charge in [-0.15, -0.1) is 0 Å². The molecule has 3 rings (SSSR count). The Morgan fingerprint density at radius 2 is 1.77 bits per heavy atom. The molecule has 0 saturated heterocycles. The number of hydrogen-bond donors (Lipinski definition) is 1. The lowest BCUT2D eigenvalue weighted by Gasteiger charge is -2.32. The number of rotatable bonds is 9. The molecule has 3 nitrogen and oxygen atoms in total. The monoisotopic (exact) mass is 465 g/mol. The summed E-state index contributed by atoms with van der Waals surface area (Å²) in [6.07, 6.45) is 13.6. The molecule has 0 aliphatic carbocycles. The van der Waals surface area contributed by atoms with Crippen LogP contribution in [-0.4, -0.2) is 21.7 Å². The summed E-state index contributed by atoms with van der Waals surface area (Å²) < 4.78 is 4.23. The predicted octanol–water partition coefficient (Wildman–Crippen LogP) is 7.93. The van der Waals surface area contributed by atoms with Crippen LogP contribution in [0.5, 0.6) is 0 Å². The Hall–Kier alpha value is -3.24. The summed E-state index contributed by atoms with van der Waals surface area (Å²) >= 11 is 0. The Morgan fingerprint density at radius 1 is 1.09 bits per heavy atom. The third-order valence-electron chi connectivity index (χ3n) is 7.21. The standard InChI is InChI=1S/C31H38BN2O/c1-10-15-28-23(6)26(19-18-21(4)11-2)27(12-3)33(28)31(8,9)22(5)20-30-24(7)25-16-13-14-17-29(25)34(30)32-35/h10,12-20,35H,3-4,11H2,1-2,5-9H3/b15-10-,19-18-,22-20+. The fourth-order valence-electron chi connectivity index (χ4n) is 4.75. The van der Waals surface area contributed by atoms with Crippen molar-refractivity contribution in [2.45, 2.75) is 60.4 Å². The topological polar surface area (TPSA) is 30.1 Å². The van der Waals surface area contributed by atoms with Crippen LogP contribution in [0.2, 0.25) is 0 Å². The highest BCUT2D eigenvalue weighted by molar-refractivity contribution is 6.27. The van der Waals surface area contributed by atoms with Gasteiger partial charge in [-0.1, -0.05) is 62.1 Å². The maximum atomic E-state index is 10.1. The van der Waals surface area contributed by atoms with Gasteiger partial charge >= 0.3 is 7.62 Å². The van der Waals surface area contributed by atoms with Gasteiger partial charge in [-0.25, -0.2) is 0 Å². The van der Waals surface area contributed by atoms with Crippen LogP contribution in [-0.2, 0) is 5.54 Å². The number of fused-ring (bicyclic) bond motifs is 1. The summed E-state index contributed by atoms with van der Waals surface area (Å²) in [5.41, 5.74) is 9.64. The quantitative estimate of drug-likeness (QED) is 0.252. The van der Waals surface area contributed by atoms with Crippen molar-refractivity contribution in [3.05, 3.63) is 94.5 Å². The van der Waals surface area contributed by atoms with E-state index >= 15 is 0 Å². The number of allylic oxidation sites excluding steroid dienone is 4. The predicted molar refractivity (Wildman–Crippen MR) is 155 cm³/mol. The van der Waals surface area contributed by atoms with Crippen molar-refractivity contribution in [3.63, 3.8) is 0 Å². The number of aryl methyl sites for hydroxylation is 1. The van der Waals surface area contributed by atoms with E-state index in [4.69, 9.17) is 0 Å². The number of nitrogens with zero attached hydrogens (tertiary/aromatic N) is 2. The van der Waals surface area contributed by atoms with E-state index in [2.05, 4.69) is 95.7 Å². The molecule has 0 unspecified atom stereocenters. The molecule has 4 heteroatoms. The molecule has 0 aliphatic rings. The Morgan fingerprint density at radius 3 is 2.37 bits per heavy atom. The number of benzene rings is 1. The summed E-state index contributed by atoms with van der Waals surface area (Å²) in [7, 11) is 1.16. The summed E-state index contributed by atoms with van der Waals surface area (Å²) in [5, 5.41) is 11.2. The fraction of sp³-hybridized carbons (Fsp3) is 0.290. The van der Waals surface area contributed by atoms with Gasteiger partial charge in [0.2, 0.25) is 0 Å². The molecular weight excluding hydrogens is 427 g/mol. The summed E-state index contributed by atoms with van der Waals surface area (Å²) in [6.45, 7) is 23.4. The van der Waals surface area contributed by atoms with Crippen molar-refractivity contribution in [1.29, 1.82) is 0 Å². The number of aromatic nitrogens is 2. The van der Waals surface area contributed by atoms with Gasteiger partial charge in [-0.2, -0.15) is 0 Å². The van der Waals surface area contributed by atoms with E-state index in [1.807, 2.05) is 35.7 Å². The molecule has 2 heterocycles. The van der Waals surface area contributed by atoms with E-state index < -0.39 is 0 Å². The van der Waals surface area contributed by atoms with Crippen LogP contribution in [0, 0.1) is 13.8 Å². The summed E-state index contributed by atoms with van der Waals surface area (Å²) in [4.78, 5) is 0. The summed E-state index contributed by atoms with van der Waals surface area (Å²) in [5.74, 6) is 0. The van der Waals surface area contributed by atoms with E-state index in [-0.39, 0.29) is 5.54 Å². The van der Waals surface area contributed by atoms with Gasteiger partial charge in [0, 0.05) is 33.5 Å². The smallest absolute Gasteiger partial charge is 0.435 e. The highest BCUT2D eigenvalue weighted by Gasteiger charge is 2.30. The van der Waals surface area contributed by atoms with E-state index in [0.717, 1.165) is 58.7 Å². The maximum Gasteiger partial charge on any atom is 0.441 e. The Labute approximate surface area is 211 Å². The molecule has 35 heavy (non-hydrogen) atoms. The van der Waals surface area contributed by atoms with Crippen LogP contribution in [0.25, 0.3) is 35.2 Å². The first-order valence-electron chi connectivity index (χ1n) is 12.3. The largest absolute Gasteiger partial charge is 0.441 e. The summed E-state index contributed by atoms with van der Waals surface area (Å²) in [6, 6.07) is 8.16.